The predicted molar refractivity (Wildman–Crippen MR) is 82.4 cm³/mol. The van der Waals surface area contributed by atoms with Crippen molar-refractivity contribution < 1.29 is 4.39 Å². The highest BCUT2D eigenvalue weighted by molar-refractivity contribution is 5.25. The van der Waals surface area contributed by atoms with E-state index < -0.39 is 0 Å². The Morgan fingerprint density at radius 1 is 1.35 bits per heavy atom. The Hall–Kier alpha value is -0.930. The molecule has 1 heterocycles. The molecule has 3 unspecified atom stereocenters. The zero-order valence-corrected chi connectivity index (χ0v) is 13.1. The molecule has 112 valence electrons. The van der Waals surface area contributed by atoms with Gasteiger partial charge in [-0.2, -0.15) is 0 Å². The van der Waals surface area contributed by atoms with Crippen molar-refractivity contribution in [1.29, 1.82) is 0 Å². The number of nitrogens with zero attached hydrogens (tertiary/aromatic N) is 1. The van der Waals surface area contributed by atoms with Crippen molar-refractivity contribution >= 4 is 0 Å². The Bertz CT molecular complexity index is 447. The van der Waals surface area contributed by atoms with Crippen LogP contribution in [0.25, 0.3) is 0 Å². The van der Waals surface area contributed by atoms with Crippen LogP contribution in [-0.2, 0) is 0 Å². The summed E-state index contributed by atoms with van der Waals surface area (Å²) < 4.78 is 13.8. The second-order valence-corrected chi connectivity index (χ2v) is 5.96. The van der Waals surface area contributed by atoms with E-state index in [1.54, 1.807) is 6.07 Å². The van der Waals surface area contributed by atoms with Gasteiger partial charge >= 0.3 is 0 Å². The lowest BCUT2D eigenvalue weighted by Gasteiger charge is -2.43. The number of hydrogen-bond donors (Lipinski definition) is 1. The molecule has 3 heteroatoms. The minimum atomic E-state index is -0.0930. The van der Waals surface area contributed by atoms with Crippen LogP contribution in [0.2, 0.25) is 0 Å². The highest BCUT2D eigenvalue weighted by atomic mass is 19.1. The molecule has 1 aromatic rings. The lowest BCUT2D eigenvalue weighted by molar-refractivity contribution is 0.0849. The summed E-state index contributed by atoms with van der Waals surface area (Å²) >= 11 is 0. The number of halogens is 1. The van der Waals surface area contributed by atoms with Crippen LogP contribution in [0.5, 0.6) is 0 Å². The summed E-state index contributed by atoms with van der Waals surface area (Å²) in [6.07, 6.45) is 2.27. The fraction of sp³-hybridized carbons (Fsp3) is 0.647. The second kappa shape index (κ2) is 6.68. The molecule has 0 bridgehead atoms. The van der Waals surface area contributed by atoms with Gasteiger partial charge in [-0.3, -0.25) is 4.90 Å². The van der Waals surface area contributed by atoms with Crippen LogP contribution < -0.4 is 5.32 Å². The van der Waals surface area contributed by atoms with Gasteiger partial charge in [0.25, 0.3) is 0 Å². The van der Waals surface area contributed by atoms with Gasteiger partial charge in [0.15, 0.2) is 0 Å². The van der Waals surface area contributed by atoms with Crippen molar-refractivity contribution in [2.24, 2.45) is 0 Å². The smallest absolute Gasteiger partial charge is 0.126 e. The summed E-state index contributed by atoms with van der Waals surface area (Å²) in [5.74, 6) is -0.0930. The maximum absolute atomic E-state index is 13.8. The van der Waals surface area contributed by atoms with Crippen molar-refractivity contribution in [3.63, 3.8) is 0 Å². The fourth-order valence-corrected chi connectivity index (χ4v) is 3.08. The monoisotopic (exact) mass is 278 g/mol. The first-order valence-corrected chi connectivity index (χ1v) is 7.82. The molecule has 20 heavy (non-hydrogen) atoms. The van der Waals surface area contributed by atoms with Crippen LogP contribution in [0.15, 0.2) is 18.2 Å². The summed E-state index contributed by atoms with van der Waals surface area (Å²) in [5.41, 5.74) is 1.81. The zero-order valence-electron chi connectivity index (χ0n) is 13.1. The summed E-state index contributed by atoms with van der Waals surface area (Å²) in [5, 5.41) is 3.61. The van der Waals surface area contributed by atoms with Crippen molar-refractivity contribution in [1.82, 2.24) is 10.2 Å². The molecule has 0 aromatic heterocycles. The third-order valence-corrected chi connectivity index (χ3v) is 4.68. The third-order valence-electron chi connectivity index (χ3n) is 4.68. The number of rotatable bonds is 4. The van der Waals surface area contributed by atoms with E-state index in [2.05, 4.69) is 37.1 Å². The van der Waals surface area contributed by atoms with Gasteiger partial charge in [0.1, 0.15) is 5.82 Å². The average Bonchev–Trinajstić information content (AvgIpc) is 2.48. The number of nitrogens with one attached hydrogen (secondary N) is 1. The van der Waals surface area contributed by atoms with E-state index in [1.807, 2.05) is 13.0 Å². The van der Waals surface area contributed by atoms with Gasteiger partial charge in [-0.05, 0) is 43.9 Å². The molecule has 0 amide bonds. The van der Waals surface area contributed by atoms with E-state index in [4.69, 9.17) is 0 Å². The largest absolute Gasteiger partial charge is 0.311 e. The summed E-state index contributed by atoms with van der Waals surface area (Å²) in [4.78, 5) is 2.54. The molecular weight excluding hydrogens is 251 g/mol. The molecule has 0 aliphatic carbocycles. The van der Waals surface area contributed by atoms with Gasteiger partial charge in [0.05, 0.1) is 0 Å². The molecule has 0 spiro atoms. The lowest BCUT2D eigenvalue weighted by atomic mass is 9.98. The SMILES string of the molecule is CCC1CN(C(C)c2ccc(C)c(F)c2)C(CC)CN1. The first-order valence-electron chi connectivity index (χ1n) is 7.82. The van der Waals surface area contributed by atoms with Gasteiger partial charge in [-0.25, -0.2) is 4.39 Å². The van der Waals surface area contributed by atoms with Crippen LogP contribution in [0.4, 0.5) is 4.39 Å². The Balaban J connectivity index is 2.19. The number of piperazine rings is 1. The minimum absolute atomic E-state index is 0.0930. The van der Waals surface area contributed by atoms with E-state index in [9.17, 15) is 4.39 Å². The van der Waals surface area contributed by atoms with E-state index in [1.165, 1.54) is 0 Å². The molecule has 3 atom stereocenters. The molecule has 1 aliphatic heterocycles. The maximum Gasteiger partial charge on any atom is 0.126 e. The van der Waals surface area contributed by atoms with E-state index in [0.29, 0.717) is 12.1 Å². The number of aryl methyl sites for hydroxylation is 1. The highest BCUT2D eigenvalue weighted by Crippen LogP contribution is 2.27. The Kier molecular flexibility index (Phi) is 5.17. The van der Waals surface area contributed by atoms with Crippen molar-refractivity contribution in [2.75, 3.05) is 13.1 Å². The average molecular weight is 278 g/mol. The van der Waals surface area contributed by atoms with E-state index in [0.717, 1.165) is 37.1 Å². The molecule has 1 N–H and O–H groups in total. The van der Waals surface area contributed by atoms with Crippen molar-refractivity contribution in [3.8, 4) is 0 Å². The molecule has 2 rings (SSSR count). The first-order chi connectivity index (χ1) is 9.56. The molecule has 1 aromatic carbocycles. The Labute approximate surface area is 122 Å². The third kappa shape index (κ3) is 3.21. The van der Waals surface area contributed by atoms with Crippen molar-refractivity contribution in [2.45, 2.75) is 58.7 Å². The standard InChI is InChI=1S/C17H27FN2/c1-5-15-11-20(16(6-2)10-19-15)13(4)14-8-7-12(3)17(18)9-14/h7-9,13,15-16,19H,5-6,10-11H2,1-4H3. The van der Waals surface area contributed by atoms with Crippen LogP contribution in [-0.4, -0.2) is 30.1 Å². The number of hydrogen-bond acceptors (Lipinski definition) is 2. The molecule has 2 nitrogen and oxygen atoms in total. The van der Waals surface area contributed by atoms with Crippen LogP contribution in [0.3, 0.4) is 0 Å². The highest BCUT2D eigenvalue weighted by Gasteiger charge is 2.30. The topological polar surface area (TPSA) is 15.3 Å². The fourth-order valence-electron chi connectivity index (χ4n) is 3.08. The molecule has 1 fully saturated rings. The Morgan fingerprint density at radius 3 is 2.70 bits per heavy atom. The summed E-state index contributed by atoms with van der Waals surface area (Å²) in [7, 11) is 0. The molecule has 1 aliphatic rings. The van der Waals surface area contributed by atoms with Gasteiger partial charge < -0.3 is 5.32 Å². The molecule has 0 saturated carbocycles. The molecule has 1 saturated heterocycles. The van der Waals surface area contributed by atoms with Gasteiger partial charge in [-0.15, -0.1) is 0 Å². The van der Waals surface area contributed by atoms with Gasteiger partial charge in [0.2, 0.25) is 0 Å². The lowest BCUT2D eigenvalue weighted by Crippen LogP contribution is -2.56. The van der Waals surface area contributed by atoms with E-state index >= 15 is 0 Å². The first kappa shape index (κ1) is 15.5. The Morgan fingerprint density at radius 2 is 2.10 bits per heavy atom. The van der Waals surface area contributed by atoms with Gasteiger partial charge in [0, 0.05) is 31.2 Å². The minimum Gasteiger partial charge on any atom is -0.311 e. The van der Waals surface area contributed by atoms with Crippen LogP contribution in [0.1, 0.15) is 50.8 Å². The van der Waals surface area contributed by atoms with Crippen molar-refractivity contribution in [3.05, 3.63) is 35.1 Å². The number of benzene rings is 1. The van der Waals surface area contributed by atoms with Crippen LogP contribution in [0, 0.1) is 12.7 Å². The normalized spacial score (nSPS) is 25.6. The molecular formula is C17H27FN2. The summed E-state index contributed by atoms with van der Waals surface area (Å²) in [6.45, 7) is 10.5. The summed E-state index contributed by atoms with van der Waals surface area (Å²) in [6, 6.07) is 7.02. The quantitative estimate of drug-likeness (QED) is 0.904. The second-order valence-electron chi connectivity index (χ2n) is 5.96. The molecule has 0 radical (unpaired) electrons. The van der Waals surface area contributed by atoms with E-state index in [-0.39, 0.29) is 11.9 Å². The maximum atomic E-state index is 13.8. The predicted octanol–water partition coefficient (Wildman–Crippen LogP) is 3.66. The van der Waals surface area contributed by atoms with Crippen LogP contribution >= 0.6 is 0 Å². The van der Waals surface area contributed by atoms with Gasteiger partial charge in [-0.1, -0.05) is 26.0 Å². The zero-order chi connectivity index (χ0) is 14.7.